The lowest BCUT2D eigenvalue weighted by Crippen LogP contribution is -2.15. The second kappa shape index (κ2) is 7.41. The standard InChI is InChI=1S/C16H22O3/c1-2-3-13-4-6-15(7-5-13)16(17)12-19-11-14-8-9-18-10-14/h4-7,14H,2-3,8-12H2,1H3. The van der Waals surface area contributed by atoms with Gasteiger partial charge in [0.1, 0.15) is 6.61 Å². The van der Waals surface area contributed by atoms with Gasteiger partial charge < -0.3 is 9.47 Å². The summed E-state index contributed by atoms with van der Waals surface area (Å²) in [7, 11) is 0. The summed E-state index contributed by atoms with van der Waals surface area (Å²) in [5, 5.41) is 0. The third-order valence-electron chi connectivity index (χ3n) is 3.43. The zero-order valence-electron chi connectivity index (χ0n) is 11.6. The fourth-order valence-corrected chi connectivity index (χ4v) is 2.26. The van der Waals surface area contributed by atoms with Gasteiger partial charge in [0.2, 0.25) is 0 Å². The number of ketones is 1. The highest BCUT2D eigenvalue weighted by Crippen LogP contribution is 2.13. The van der Waals surface area contributed by atoms with Gasteiger partial charge in [0, 0.05) is 18.1 Å². The molecule has 1 heterocycles. The van der Waals surface area contributed by atoms with Crippen LogP contribution in [0.25, 0.3) is 0 Å². The normalized spacial score (nSPS) is 18.7. The van der Waals surface area contributed by atoms with Crippen molar-refractivity contribution in [1.82, 2.24) is 0 Å². The number of carbonyl (C=O) groups excluding carboxylic acids is 1. The number of Topliss-reactive ketones (excluding diaryl/α,β-unsaturated/α-hetero) is 1. The van der Waals surface area contributed by atoms with Gasteiger partial charge >= 0.3 is 0 Å². The molecule has 3 heteroatoms. The van der Waals surface area contributed by atoms with Crippen LogP contribution in [-0.4, -0.2) is 32.2 Å². The molecule has 104 valence electrons. The summed E-state index contributed by atoms with van der Waals surface area (Å²) < 4.78 is 10.8. The summed E-state index contributed by atoms with van der Waals surface area (Å²) in [6.07, 6.45) is 3.23. The van der Waals surface area contributed by atoms with Gasteiger partial charge in [0.05, 0.1) is 13.2 Å². The first kappa shape index (κ1) is 14.2. The van der Waals surface area contributed by atoms with Crippen LogP contribution in [0, 0.1) is 5.92 Å². The molecule has 1 aliphatic heterocycles. The van der Waals surface area contributed by atoms with Crippen LogP contribution in [0.15, 0.2) is 24.3 Å². The monoisotopic (exact) mass is 262 g/mol. The maximum absolute atomic E-state index is 11.9. The predicted molar refractivity (Wildman–Crippen MR) is 74.5 cm³/mol. The van der Waals surface area contributed by atoms with Gasteiger partial charge in [-0.05, 0) is 18.4 Å². The minimum atomic E-state index is 0.0574. The SMILES string of the molecule is CCCc1ccc(C(=O)COCC2CCOC2)cc1. The fraction of sp³-hybridized carbons (Fsp3) is 0.562. The molecule has 1 aromatic rings. The molecule has 0 amide bonds. The minimum absolute atomic E-state index is 0.0574. The number of carbonyl (C=O) groups is 1. The van der Waals surface area contributed by atoms with E-state index >= 15 is 0 Å². The van der Waals surface area contributed by atoms with E-state index in [0.717, 1.165) is 38.0 Å². The van der Waals surface area contributed by atoms with E-state index in [9.17, 15) is 4.79 Å². The van der Waals surface area contributed by atoms with Crippen molar-refractivity contribution in [3.8, 4) is 0 Å². The van der Waals surface area contributed by atoms with Crippen LogP contribution in [-0.2, 0) is 15.9 Å². The summed E-state index contributed by atoms with van der Waals surface area (Å²) in [5.41, 5.74) is 2.02. The van der Waals surface area contributed by atoms with Gasteiger partial charge in [-0.2, -0.15) is 0 Å². The topological polar surface area (TPSA) is 35.5 Å². The number of hydrogen-bond donors (Lipinski definition) is 0. The number of ether oxygens (including phenoxy) is 2. The van der Waals surface area contributed by atoms with Crippen molar-refractivity contribution in [1.29, 1.82) is 0 Å². The molecule has 0 spiro atoms. The quantitative estimate of drug-likeness (QED) is 0.709. The number of benzene rings is 1. The van der Waals surface area contributed by atoms with Crippen molar-refractivity contribution in [2.24, 2.45) is 5.92 Å². The number of rotatable bonds is 7. The van der Waals surface area contributed by atoms with Gasteiger partial charge in [-0.15, -0.1) is 0 Å². The van der Waals surface area contributed by atoms with Crippen LogP contribution in [0.1, 0.15) is 35.7 Å². The average molecular weight is 262 g/mol. The summed E-state index contributed by atoms with van der Waals surface area (Å²) in [6.45, 7) is 4.53. The summed E-state index contributed by atoms with van der Waals surface area (Å²) in [5.74, 6) is 0.515. The predicted octanol–water partition coefficient (Wildman–Crippen LogP) is 2.87. The molecule has 0 bridgehead atoms. The van der Waals surface area contributed by atoms with Crippen LogP contribution in [0.2, 0.25) is 0 Å². The van der Waals surface area contributed by atoms with E-state index in [4.69, 9.17) is 9.47 Å². The molecule has 1 atom stereocenters. The molecule has 0 radical (unpaired) electrons. The Morgan fingerprint density at radius 1 is 1.37 bits per heavy atom. The van der Waals surface area contributed by atoms with Crippen molar-refractivity contribution in [2.45, 2.75) is 26.2 Å². The molecule has 1 aliphatic rings. The zero-order valence-corrected chi connectivity index (χ0v) is 11.6. The Bertz CT molecular complexity index is 391. The second-order valence-electron chi connectivity index (χ2n) is 5.11. The lowest BCUT2D eigenvalue weighted by Gasteiger charge is -2.08. The van der Waals surface area contributed by atoms with Crippen molar-refractivity contribution in [2.75, 3.05) is 26.4 Å². The maximum Gasteiger partial charge on any atom is 0.188 e. The van der Waals surface area contributed by atoms with E-state index in [1.807, 2.05) is 24.3 Å². The van der Waals surface area contributed by atoms with E-state index in [1.54, 1.807) is 0 Å². The van der Waals surface area contributed by atoms with Gasteiger partial charge in [0.15, 0.2) is 5.78 Å². The first-order valence-electron chi connectivity index (χ1n) is 7.07. The van der Waals surface area contributed by atoms with E-state index < -0.39 is 0 Å². The van der Waals surface area contributed by atoms with Crippen molar-refractivity contribution < 1.29 is 14.3 Å². The average Bonchev–Trinajstić information content (AvgIpc) is 2.93. The van der Waals surface area contributed by atoms with Crippen LogP contribution < -0.4 is 0 Å². The Labute approximate surface area is 114 Å². The Hall–Kier alpha value is -1.19. The first-order valence-corrected chi connectivity index (χ1v) is 7.07. The highest BCUT2D eigenvalue weighted by Gasteiger charge is 2.16. The number of aryl methyl sites for hydroxylation is 1. The lowest BCUT2D eigenvalue weighted by molar-refractivity contribution is 0.0652. The molecule has 0 N–H and O–H groups in total. The first-order chi connectivity index (χ1) is 9.29. The molecule has 2 rings (SSSR count). The van der Waals surface area contributed by atoms with Gasteiger partial charge in [-0.25, -0.2) is 0 Å². The number of hydrogen-bond acceptors (Lipinski definition) is 3. The molecular formula is C16H22O3. The largest absolute Gasteiger partial charge is 0.381 e. The minimum Gasteiger partial charge on any atom is -0.381 e. The third-order valence-corrected chi connectivity index (χ3v) is 3.43. The highest BCUT2D eigenvalue weighted by atomic mass is 16.5. The zero-order chi connectivity index (χ0) is 13.5. The Morgan fingerprint density at radius 2 is 2.16 bits per heavy atom. The van der Waals surface area contributed by atoms with Gasteiger partial charge in [0.25, 0.3) is 0 Å². The lowest BCUT2D eigenvalue weighted by atomic mass is 10.1. The molecule has 0 saturated carbocycles. The van der Waals surface area contributed by atoms with Crippen LogP contribution in [0.5, 0.6) is 0 Å². The van der Waals surface area contributed by atoms with E-state index in [2.05, 4.69) is 6.92 Å². The van der Waals surface area contributed by atoms with Crippen LogP contribution >= 0.6 is 0 Å². The molecule has 19 heavy (non-hydrogen) atoms. The molecule has 1 unspecified atom stereocenters. The second-order valence-corrected chi connectivity index (χ2v) is 5.11. The van der Waals surface area contributed by atoms with Crippen molar-refractivity contribution >= 4 is 5.78 Å². The maximum atomic E-state index is 11.9. The van der Waals surface area contributed by atoms with E-state index in [1.165, 1.54) is 5.56 Å². The van der Waals surface area contributed by atoms with Crippen molar-refractivity contribution in [3.63, 3.8) is 0 Å². The molecule has 3 nitrogen and oxygen atoms in total. The van der Waals surface area contributed by atoms with E-state index in [-0.39, 0.29) is 12.4 Å². The fourth-order valence-electron chi connectivity index (χ4n) is 2.26. The van der Waals surface area contributed by atoms with E-state index in [0.29, 0.717) is 12.5 Å². The summed E-state index contributed by atoms with van der Waals surface area (Å²) >= 11 is 0. The Kier molecular flexibility index (Phi) is 5.55. The summed E-state index contributed by atoms with van der Waals surface area (Å²) in [6, 6.07) is 7.85. The van der Waals surface area contributed by atoms with Gasteiger partial charge in [-0.1, -0.05) is 37.6 Å². The van der Waals surface area contributed by atoms with Crippen LogP contribution in [0.3, 0.4) is 0 Å². The smallest absolute Gasteiger partial charge is 0.188 e. The molecule has 1 saturated heterocycles. The molecular weight excluding hydrogens is 240 g/mol. The third kappa shape index (κ3) is 4.44. The molecule has 1 aromatic carbocycles. The Balaban J connectivity index is 1.75. The molecule has 1 fully saturated rings. The summed E-state index contributed by atoms with van der Waals surface area (Å²) in [4.78, 5) is 11.9. The molecule has 0 aliphatic carbocycles. The van der Waals surface area contributed by atoms with Gasteiger partial charge in [-0.3, -0.25) is 4.79 Å². The van der Waals surface area contributed by atoms with Crippen LogP contribution in [0.4, 0.5) is 0 Å². The highest BCUT2D eigenvalue weighted by molar-refractivity contribution is 5.97. The Morgan fingerprint density at radius 3 is 2.79 bits per heavy atom. The van der Waals surface area contributed by atoms with Crippen molar-refractivity contribution in [3.05, 3.63) is 35.4 Å². The molecule has 0 aromatic heterocycles.